The second-order valence-electron chi connectivity index (χ2n) is 0. The average Bonchev–Trinajstić information content (AvgIpc) is 0. The van der Waals surface area contributed by atoms with Gasteiger partial charge in [0, 0.05) is 0 Å². The van der Waals surface area contributed by atoms with E-state index < -0.39 is 0 Å². The number of hydrogen-bond acceptors (Lipinski definition) is 6. The first kappa shape index (κ1) is 208. The van der Waals surface area contributed by atoms with Crippen LogP contribution in [0.5, 0.6) is 0 Å². The van der Waals surface area contributed by atoms with E-state index in [4.69, 9.17) is 0 Å². The van der Waals surface area contributed by atoms with Gasteiger partial charge in [-0.15, -0.1) is 0 Å². The Morgan fingerprint density at radius 2 is 0.333 bits per heavy atom. The molecule has 9 heteroatoms. The molecule has 0 bridgehead atoms. The van der Waals surface area contributed by atoms with Gasteiger partial charge in [0.25, 0.3) is 0 Å². The van der Waals surface area contributed by atoms with Gasteiger partial charge in [0.15, 0.2) is 0 Å². The van der Waals surface area contributed by atoms with Gasteiger partial charge in [0.05, 0.1) is 0 Å². The molecule has 6 N–H and O–H groups in total. The van der Waals surface area contributed by atoms with Crippen molar-refractivity contribution in [1.82, 2.24) is 0 Å². The number of hydrogen-bond donors (Lipinski definition) is 0. The van der Waals surface area contributed by atoms with Crippen molar-refractivity contribution in [2.45, 2.75) is 0 Å². The van der Waals surface area contributed by atoms with Gasteiger partial charge in [-0.1, -0.05) is 0 Å². The fourth-order valence-electron chi connectivity index (χ4n) is 0. The molecular weight excluding hydrogens is 337 g/mol. The molecule has 0 fully saturated rings. The Morgan fingerprint density at radius 3 is 0.333 bits per heavy atom. The molecule has 0 aliphatic carbocycles. The molecule has 0 aliphatic heterocycles. The van der Waals surface area contributed by atoms with Crippen molar-refractivity contribution in [3.05, 3.63) is 0 Å². The molecule has 54 valence electrons. The molecule has 0 saturated carbocycles. The zero-order valence-electron chi connectivity index (χ0n) is 5.00. The van der Waals surface area contributed by atoms with Crippen molar-refractivity contribution < 1.29 is 113 Å². The van der Waals surface area contributed by atoms with E-state index in [1.807, 2.05) is 0 Å². The summed E-state index contributed by atoms with van der Waals surface area (Å²) < 4.78 is 0. The van der Waals surface area contributed by atoms with Gasteiger partial charge in [-0.25, -0.2) is 0 Å². The third kappa shape index (κ3) is 124. The second-order valence-corrected chi connectivity index (χ2v) is 0. The quantitative estimate of drug-likeness (QED) is 0.394. The van der Waals surface area contributed by atoms with Crippen molar-refractivity contribution in [1.29, 1.82) is 0 Å². The van der Waals surface area contributed by atoms with Crippen molar-refractivity contribution in [3.63, 3.8) is 0 Å². The van der Waals surface area contributed by atoms with Gasteiger partial charge in [0.1, 0.15) is 0 Å². The third-order valence-electron chi connectivity index (χ3n) is 0. The van der Waals surface area contributed by atoms with Crippen LogP contribution in [0.25, 0.3) is 0 Å². The standard InChI is InChI=1S/2Na.6H2O.Pt/h;;6*1H2;/q2*+1;;;;;;;+4/p-6. The summed E-state index contributed by atoms with van der Waals surface area (Å²) in [6.45, 7) is 0. The summed E-state index contributed by atoms with van der Waals surface area (Å²) >= 11 is 0. The van der Waals surface area contributed by atoms with Crippen molar-refractivity contribution in [2.24, 2.45) is 0 Å². The van der Waals surface area contributed by atoms with Crippen molar-refractivity contribution >= 4 is 0 Å². The van der Waals surface area contributed by atoms with Crippen LogP contribution in [-0.4, -0.2) is 32.9 Å². The summed E-state index contributed by atoms with van der Waals surface area (Å²) in [5, 5.41) is 0. The van der Waals surface area contributed by atoms with E-state index in [0.717, 1.165) is 0 Å². The fraction of sp³-hybridized carbons (Fsp3) is 0. The van der Waals surface area contributed by atoms with Gasteiger partial charge < -0.3 is 32.9 Å². The first-order valence-electron chi connectivity index (χ1n) is 0. The zero-order valence-corrected chi connectivity index (χ0v) is 11.3. The van der Waals surface area contributed by atoms with E-state index in [9.17, 15) is 0 Å². The Bertz CT molecular complexity index is 11.0. The predicted molar refractivity (Wildman–Crippen MR) is 11.6 cm³/mol. The van der Waals surface area contributed by atoms with Crippen molar-refractivity contribution in [3.8, 4) is 0 Å². The molecule has 0 aromatic heterocycles. The maximum atomic E-state index is 0. The minimum absolute atomic E-state index is 0. The van der Waals surface area contributed by atoms with Gasteiger partial charge >= 0.3 is 80.2 Å². The predicted octanol–water partition coefficient (Wildman–Crippen LogP) is -7.06. The molecule has 0 aliphatic rings. The first-order chi connectivity index (χ1) is 0. The van der Waals surface area contributed by atoms with Crippen LogP contribution in [0.2, 0.25) is 0 Å². The van der Waals surface area contributed by atoms with E-state index in [1.54, 1.807) is 0 Å². The summed E-state index contributed by atoms with van der Waals surface area (Å²) in [6, 6.07) is 0. The zero-order chi connectivity index (χ0) is 0. The van der Waals surface area contributed by atoms with Crippen LogP contribution >= 0.6 is 0 Å². The summed E-state index contributed by atoms with van der Waals surface area (Å²) in [5.41, 5.74) is 0. The SMILES string of the molecule is [Na+].[Na+].[OH-].[OH-].[OH-].[OH-].[OH-].[OH-].[Pt+4]. The minimum atomic E-state index is 0. The minimum Gasteiger partial charge on any atom is -0.870 e. The molecule has 9 heavy (non-hydrogen) atoms. The Hall–Kier alpha value is 2.45. The number of rotatable bonds is 0. The third-order valence-corrected chi connectivity index (χ3v) is 0. The van der Waals surface area contributed by atoms with E-state index in [-0.39, 0.29) is 113 Å². The molecular formula is H6Na2O6Pt. The Kier molecular flexibility index (Phi) is 3600. The first-order valence-corrected chi connectivity index (χ1v) is 0. The maximum absolute atomic E-state index is 0. The molecule has 0 radical (unpaired) electrons. The average molecular weight is 343 g/mol. The van der Waals surface area contributed by atoms with Crippen LogP contribution in [0.3, 0.4) is 0 Å². The smallest absolute Gasteiger partial charge is 0.870 e. The monoisotopic (exact) mass is 343 g/mol. The normalized spacial score (nSPS) is 0. The maximum Gasteiger partial charge on any atom is 4.00 e. The van der Waals surface area contributed by atoms with E-state index in [2.05, 4.69) is 0 Å². The molecule has 0 spiro atoms. The van der Waals surface area contributed by atoms with Crippen molar-refractivity contribution in [2.75, 3.05) is 0 Å². The summed E-state index contributed by atoms with van der Waals surface area (Å²) in [5.74, 6) is 0. The molecule has 0 aromatic carbocycles. The van der Waals surface area contributed by atoms with Gasteiger partial charge in [-0.05, 0) is 0 Å². The summed E-state index contributed by atoms with van der Waals surface area (Å²) in [7, 11) is 0. The van der Waals surface area contributed by atoms with Crippen LogP contribution in [0, 0.1) is 0 Å². The fourth-order valence-corrected chi connectivity index (χ4v) is 0. The summed E-state index contributed by atoms with van der Waals surface area (Å²) in [4.78, 5) is 0. The Balaban J connectivity index is 0. The molecule has 0 amide bonds. The Labute approximate surface area is 111 Å². The topological polar surface area (TPSA) is 180 Å². The summed E-state index contributed by atoms with van der Waals surface area (Å²) in [6.07, 6.45) is 0. The van der Waals surface area contributed by atoms with Crippen LogP contribution in [0.1, 0.15) is 0 Å². The molecule has 0 atom stereocenters. The molecule has 0 aromatic rings. The van der Waals surface area contributed by atoms with Gasteiger partial charge in [-0.3, -0.25) is 0 Å². The van der Waals surface area contributed by atoms with Gasteiger partial charge in [-0.2, -0.15) is 0 Å². The molecule has 0 unspecified atom stereocenters. The Morgan fingerprint density at radius 1 is 0.333 bits per heavy atom. The van der Waals surface area contributed by atoms with Gasteiger partial charge in [0.2, 0.25) is 0 Å². The van der Waals surface area contributed by atoms with E-state index in [1.165, 1.54) is 0 Å². The molecule has 6 nitrogen and oxygen atoms in total. The molecule has 0 rings (SSSR count). The van der Waals surface area contributed by atoms with Crippen LogP contribution in [-0.2, 0) is 21.1 Å². The van der Waals surface area contributed by atoms with Crippen LogP contribution < -0.4 is 59.1 Å². The largest absolute Gasteiger partial charge is 4.00 e. The molecule has 0 saturated heterocycles. The van der Waals surface area contributed by atoms with Crippen LogP contribution in [0.4, 0.5) is 0 Å². The van der Waals surface area contributed by atoms with E-state index in [0.29, 0.717) is 0 Å². The van der Waals surface area contributed by atoms with E-state index >= 15 is 0 Å². The van der Waals surface area contributed by atoms with Crippen LogP contribution in [0.15, 0.2) is 0 Å². The second kappa shape index (κ2) is 156. The molecule has 0 heterocycles.